The number of carbonyl (C=O) groups is 4. The quantitative estimate of drug-likeness (QED) is 0.262. The van der Waals surface area contributed by atoms with E-state index in [2.05, 4.69) is 21.2 Å². The average Bonchev–Trinajstić information content (AvgIpc) is 3.23. The number of amides is 3. The Kier molecular flexibility index (Phi) is 7.29. The van der Waals surface area contributed by atoms with Crippen LogP contribution in [0, 0.1) is 31.6 Å². The Morgan fingerprint density at radius 3 is 1.83 bits per heavy atom. The van der Waals surface area contributed by atoms with Crippen molar-refractivity contribution in [1.29, 1.82) is 0 Å². The number of rotatable bonds is 7. The number of likely N-dealkylation sites (tertiary alicyclic amines) is 1. The van der Waals surface area contributed by atoms with Gasteiger partial charge in [0.15, 0.2) is 6.61 Å². The second-order valence-corrected chi connectivity index (χ2v) is 12.9. The van der Waals surface area contributed by atoms with E-state index in [1.807, 2.05) is 88.4 Å². The third-order valence-corrected chi connectivity index (χ3v) is 9.74. The second kappa shape index (κ2) is 10.8. The van der Waals surface area contributed by atoms with Crippen molar-refractivity contribution in [3.8, 4) is 0 Å². The van der Waals surface area contributed by atoms with Gasteiger partial charge in [0.05, 0.1) is 11.8 Å². The summed E-state index contributed by atoms with van der Waals surface area (Å²) in [5, 5.41) is 2.80. The van der Waals surface area contributed by atoms with E-state index in [1.54, 1.807) is 0 Å². The van der Waals surface area contributed by atoms with Crippen molar-refractivity contribution in [2.24, 2.45) is 17.8 Å². The Labute approximate surface area is 253 Å². The van der Waals surface area contributed by atoms with Crippen LogP contribution in [0.3, 0.4) is 0 Å². The lowest BCUT2D eigenvalue weighted by molar-refractivity contribution is -0.160. The van der Waals surface area contributed by atoms with Gasteiger partial charge >= 0.3 is 5.97 Å². The molecule has 1 N–H and O–H groups in total. The molecule has 1 aliphatic heterocycles. The van der Waals surface area contributed by atoms with Crippen LogP contribution < -0.4 is 5.32 Å². The summed E-state index contributed by atoms with van der Waals surface area (Å²) in [6, 6.07) is 18.7. The zero-order chi connectivity index (χ0) is 29.9. The fourth-order valence-corrected chi connectivity index (χ4v) is 7.55. The maximum Gasteiger partial charge on any atom is 0.329 e. The van der Waals surface area contributed by atoms with Gasteiger partial charge in [-0.1, -0.05) is 78.3 Å². The van der Waals surface area contributed by atoms with Crippen LogP contribution in [-0.4, -0.2) is 41.2 Å². The Morgan fingerprint density at radius 1 is 0.857 bits per heavy atom. The van der Waals surface area contributed by atoms with Crippen molar-refractivity contribution < 1.29 is 23.9 Å². The molecule has 3 amide bonds. The Balaban J connectivity index is 1.26. The number of nitrogens with one attached hydrogen (secondary N) is 1. The molecule has 1 fully saturated rings. The molecule has 2 bridgehead atoms. The Morgan fingerprint density at radius 2 is 1.36 bits per heavy atom. The number of carbonyl (C=O) groups excluding carboxylic acids is 4. The number of hydrogen-bond acceptors (Lipinski definition) is 5. The molecule has 216 valence electrons. The molecule has 0 spiro atoms. The van der Waals surface area contributed by atoms with Crippen molar-refractivity contribution in [3.05, 3.63) is 98.5 Å². The minimum absolute atomic E-state index is 0.000823. The summed E-state index contributed by atoms with van der Waals surface area (Å²) in [5.41, 5.74) is 6.73. The highest BCUT2D eigenvalue weighted by Gasteiger charge is 2.63. The number of halogens is 1. The van der Waals surface area contributed by atoms with Gasteiger partial charge in [0, 0.05) is 22.0 Å². The number of aryl methyl sites for hydroxylation is 2. The van der Waals surface area contributed by atoms with E-state index in [0.717, 1.165) is 42.8 Å². The summed E-state index contributed by atoms with van der Waals surface area (Å²) < 4.78 is 6.41. The van der Waals surface area contributed by atoms with Crippen LogP contribution in [0.4, 0.5) is 5.69 Å². The van der Waals surface area contributed by atoms with Crippen molar-refractivity contribution in [3.63, 3.8) is 0 Å². The van der Waals surface area contributed by atoms with E-state index in [9.17, 15) is 19.2 Å². The average molecular weight is 630 g/mol. The number of ether oxygens (including phenoxy) is 1. The highest BCUT2D eigenvalue weighted by Crippen LogP contribution is 2.61. The second-order valence-electron chi connectivity index (χ2n) is 12.0. The molecular weight excluding hydrogens is 596 g/mol. The van der Waals surface area contributed by atoms with E-state index in [-0.39, 0.29) is 36.0 Å². The molecule has 3 aromatic carbocycles. The van der Waals surface area contributed by atoms with Crippen molar-refractivity contribution in [1.82, 2.24) is 4.90 Å². The third-order valence-electron chi connectivity index (χ3n) is 8.89. The number of esters is 1. The molecule has 3 aromatic rings. The smallest absolute Gasteiger partial charge is 0.329 e. The summed E-state index contributed by atoms with van der Waals surface area (Å²) in [7, 11) is 0. The van der Waals surface area contributed by atoms with E-state index in [0.29, 0.717) is 5.69 Å². The van der Waals surface area contributed by atoms with E-state index < -0.39 is 36.4 Å². The highest BCUT2D eigenvalue weighted by molar-refractivity contribution is 9.10. The van der Waals surface area contributed by atoms with Crippen LogP contribution in [-0.2, 0) is 23.9 Å². The van der Waals surface area contributed by atoms with Gasteiger partial charge in [-0.25, -0.2) is 4.79 Å². The van der Waals surface area contributed by atoms with E-state index in [1.165, 1.54) is 0 Å². The van der Waals surface area contributed by atoms with Gasteiger partial charge in [0.2, 0.25) is 11.8 Å². The number of hydrogen-bond donors (Lipinski definition) is 1. The minimum Gasteiger partial charge on any atom is -0.454 e. The fourth-order valence-electron chi connectivity index (χ4n) is 7.10. The Hall–Kier alpha value is -3.78. The summed E-state index contributed by atoms with van der Waals surface area (Å²) in [6.45, 7) is 7.13. The number of imide groups is 1. The maximum atomic E-state index is 14.2. The van der Waals surface area contributed by atoms with Crippen LogP contribution in [0.15, 0.2) is 65.1 Å². The molecule has 1 heterocycles. The molecule has 0 aromatic heterocycles. The predicted octanol–water partition coefficient (Wildman–Crippen LogP) is 5.85. The lowest BCUT2D eigenvalue weighted by Gasteiger charge is -2.45. The normalized spacial score (nSPS) is 22.5. The number of anilines is 1. The highest BCUT2D eigenvalue weighted by atomic mass is 79.9. The van der Waals surface area contributed by atoms with Crippen LogP contribution in [0.1, 0.15) is 65.5 Å². The lowest BCUT2D eigenvalue weighted by Crippen LogP contribution is -2.47. The van der Waals surface area contributed by atoms with Gasteiger partial charge in [0.1, 0.15) is 6.04 Å². The zero-order valence-corrected chi connectivity index (χ0v) is 25.6. The predicted molar refractivity (Wildman–Crippen MR) is 162 cm³/mol. The summed E-state index contributed by atoms with van der Waals surface area (Å²) in [6.07, 6.45) is 0.248. The first kappa shape index (κ1) is 28.3. The van der Waals surface area contributed by atoms with Gasteiger partial charge in [-0.2, -0.15) is 0 Å². The van der Waals surface area contributed by atoms with Crippen molar-refractivity contribution in [2.45, 2.75) is 52.0 Å². The molecular formula is C34H33BrN2O5. The van der Waals surface area contributed by atoms with Crippen molar-refractivity contribution in [2.75, 3.05) is 11.9 Å². The van der Waals surface area contributed by atoms with Gasteiger partial charge in [0.25, 0.3) is 5.91 Å². The zero-order valence-electron chi connectivity index (χ0n) is 24.0. The summed E-state index contributed by atoms with van der Waals surface area (Å²) in [4.78, 5) is 55.8. The molecule has 4 aliphatic rings. The number of benzene rings is 3. The van der Waals surface area contributed by atoms with Crippen LogP contribution in [0.2, 0.25) is 0 Å². The molecule has 0 unspecified atom stereocenters. The van der Waals surface area contributed by atoms with Crippen LogP contribution >= 0.6 is 15.9 Å². The van der Waals surface area contributed by atoms with Crippen LogP contribution in [0.25, 0.3) is 0 Å². The maximum absolute atomic E-state index is 14.2. The lowest BCUT2D eigenvalue weighted by atomic mass is 9.55. The molecule has 0 radical (unpaired) electrons. The molecule has 8 heteroatoms. The molecule has 7 rings (SSSR count). The van der Waals surface area contributed by atoms with Crippen molar-refractivity contribution >= 4 is 45.3 Å². The standard InChI is InChI=1S/C34H33BrN2O5/c1-17(2)13-26(34(41)42-16-27(38)36-25-15-18(3)24(35)14-19(25)4)37-32(39)30-28-20-9-5-6-10-21(20)29(31(30)33(37)40)23-12-8-7-11-22(23)28/h5-12,14-15,17,26,28-31H,13,16H2,1-4H3,(H,36,38)/t26-,28?,29?,30-,31+/m1/s1. The molecule has 0 saturated carbocycles. The SMILES string of the molecule is Cc1cc(NC(=O)COC(=O)[C@@H](CC(C)C)N2C(=O)[C@@H]3C4c5ccccc5C(c5ccccc54)[C@@H]3C2=O)c(C)cc1Br. The molecule has 1 saturated heterocycles. The molecule has 3 atom stereocenters. The summed E-state index contributed by atoms with van der Waals surface area (Å²) in [5.74, 6) is -3.59. The summed E-state index contributed by atoms with van der Waals surface area (Å²) >= 11 is 3.48. The van der Waals surface area contributed by atoms with Gasteiger partial charge in [-0.15, -0.1) is 0 Å². The monoisotopic (exact) mass is 628 g/mol. The topological polar surface area (TPSA) is 92.8 Å². The van der Waals surface area contributed by atoms with Gasteiger partial charge in [-0.05, 0) is 71.7 Å². The molecule has 7 nitrogen and oxygen atoms in total. The minimum atomic E-state index is -1.11. The molecule has 3 aliphatic carbocycles. The first-order valence-electron chi connectivity index (χ1n) is 14.4. The van der Waals surface area contributed by atoms with E-state index >= 15 is 0 Å². The first-order chi connectivity index (χ1) is 20.1. The third kappa shape index (κ3) is 4.56. The Bertz CT molecular complexity index is 1520. The van der Waals surface area contributed by atoms with Crippen LogP contribution in [0.5, 0.6) is 0 Å². The van der Waals surface area contributed by atoms with Gasteiger partial charge < -0.3 is 10.1 Å². The number of nitrogens with zero attached hydrogens (tertiary/aromatic N) is 1. The molecule has 42 heavy (non-hydrogen) atoms. The van der Waals surface area contributed by atoms with Gasteiger partial charge in [-0.3, -0.25) is 19.3 Å². The first-order valence-corrected chi connectivity index (χ1v) is 15.2. The fraction of sp³-hybridized carbons (Fsp3) is 0.353. The van der Waals surface area contributed by atoms with E-state index in [4.69, 9.17) is 4.74 Å². The largest absolute Gasteiger partial charge is 0.454 e.